The fourth-order valence-corrected chi connectivity index (χ4v) is 5.14. The minimum absolute atomic E-state index is 0.00824. The summed E-state index contributed by atoms with van der Waals surface area (Å²) in [6, 6.07) is 15.2. The summed E-state index contributed by atoms with van der Waals surface area (Å²) in [6.45, 7) is -0.00824. The number of ether oxygens (including phenoxy) is 2. The largest absolute Gasteiger partial charge is 0.481 e. The number of aliphatic hydroxyl groups excluding tert-OH is 1. The number of anilines is 1. The summed E-state index contributed by atoms with van der Waals surface area (Å²) in [5.74, 6) is -0.285. The molecule has 10 heteroatoms. The standard InChI is InChI=1S/C28H33N3O6S/c1-31-15-14-29-28(31)38-18-23-16-24(20-8-6-19(17-32)7-9-20)37-27(36-23)21-10-12-22(13-11-21)30-25(33)4-2-3-5-26(34)35/h6-15,23-24,27,32H,2-5,16-18H2,1H3,(H,30,33)(H,34,35)/t23-,24+,27+/m1/s1. The Labute approximate surface area is 226 Å². The van der Waals surface area contributed by atoms with Gasteiger partial charge in [0.1, 0.15) is 0 Å². The van der Waals surface area contributed by atoms with Crippen LogP contribution in [0, 0.1) is 0 Å². The Balaban J connectivity index is 1.41. The van der Waals surface area contributed by atoms with Crippen LogP contribution < -0.4 is 5.32 Å². The molecule has 0 aliphatic carbocycles. The molecule has 1 aliphatic rings. The molecule has 9 nitrogen and oxygen atoms in total. The monoisotopic (exact) mass is 539 g/mol. The van der Waals surface area contributed by atoms with E-state index in [0.717, 1.165) is 21.8 Å². The number of rotatable bonds is 12. The molecule has 38 heavy (non-hydrogen) atoms. The number of carbonyl (C=O) groups is 2. The van der Waals surface area contributed by atoms with Crippen LogP contribution in [-0.2, 0) is 32.7 Å². The van der Waals surface area contributed by atoms with Gasteiger partial charge in [-0.15, -0.1) is 0 Å². The number of thioether (sulfide) groups is 1. The zero-order valence-electron chi connectivity index (χ0n) is 21.3. The summed E-state index contributed by atoms with van der Waals surface area (Å²) >= 11 is 1.64. The average molecular weight is 540 g/mol. The zero-order valence-corrected chi connectivity index (χ0v) is 22.1. The third-order valence-electron chi connectivity index (χ3n) is 6.30. The molecule has 1 fully saturated rings. The lowest BCUT2D eigenvalue weighted by Gasteiger charge is -2.36. The maximum Gasteiger partial charge on any atom is 0.303 e. The van der Waals surface area contributed by atoms with Crippen LogP contribution >= 0.6 is 11.8 Å². The van der Waals surface area contributed by atoms with Crippen molar-refractivity contribution >= 4 is 29.3 Å². The van der Waals surface area contributed by atoms with Crippen molar-refractivity contribution in [2.75, 3.05) is 11.1 Å². The Kier molecular flexibility index (Phi) is 9.94. The van der Waals surface area contributed by atoms with Gasteiger partial charge in [0.05, 0.1) is 18.8 Å². The van der Waals surface area contributed by atoms with E-state index in [4.69, 9.17) is 14.6 Å². The first-order chi connectivity index (χ1) is 18.4. The molecule has 0 unspecified atom stereocenters. The maximum atomic E-state index is 12.2. The van der Waals surface area contributed by atoms with Crippen LogP contribution in [0.15, 0.2) is 66.1 Å². The predicted octanol–water partition coefficient (Wildman–Crippen LogP) is 4.83. The van der Waals surface area contributed by atoms with E-state index in [0.29, 0.717) is 30.7 Å². The van der Waals surface area contributed by atoms with E-state index < -0.39 is 12.3 Å². The van der Waals surface area contributed by atoms with Crippen molar-refractivity contribution in [1.82, 2.24) is 9.55 Å². The molecular formula is C28H33N3O6S. The molecule has 0 saturated carbocycles. The van der Waals surface area contributed by atoms with Gasteiger partial charge in [-0.2, -0.15) is 0 Å². The number of hydrogen-bond acceptors (Lipinski definition) is 7. The Morgan fingerprint density at radius 3 is 2.42 bits per heavy atom. The van der Waals surface area contributed by atoms with Crippen LogP contribution in [-0.4, -0.2) is 43.5 Å². The Bertz CT molecular complexity index is 1200. The molecule has 1 aromatic heterocycles. The molecule has 3 N–H and O–H groups in total. The Morgan fingerprint density at radius 1 is 1.05 bits per heavy atom. The van der Waals surface area contributed by atoms with E-state index in [2.05, 4.69) is 10.3 Å². The number of benzene rings is 2. The van der Waals surface area contributed by atoms with Crippen LogP contribution in [0.3, 0.4) is 0 Å². The van der Waals surface area contributed by atoms with Gasteiger partial charge >= 0.3 is 5.97 Å². The second kappa shape index (κ2) is 13.6. The number of imidazole rings is 1. The molecule has 1 amide bonds. The first-order valence-corrected chi connectivity index (χ1v) is 13.6. The highest BCUT2D eigenvalue weighted by molar-refractivity contribution is 7.99. The van der Waals surface area contributed by atoms with Gasteiger partial charge in [-0.1, -0.05) is 48.2 Å². The summed E-state index contributed by atoms with van der Waals surface area (Å²) in [5, 5.41) is 21.9. The predicted molar refractivity (Wildman–Crippen MR) is 144 cm³/mol. The van der Waals surface area contributed by atoms with Crippen LogP contribution in [0.2, 0.25) is 0 Å². The Hall–Kier alpha value is -3.18. The highest BCUT2D eigenvalue weighted by Gasteiger charge is 2.32. The number of carboxylic acids is 1. The van der Waals surface area contributed by atoms with Crippen molar-refractivity contribution in [2.45, 2.75) is 62.4 Å². The SMILES string of the molecule is Cn1ccnc1SC[C@H]1C[C@@H](c2ccc(CO)cc2)O[C@@H](c2ccc(NC(=O)CCCCC(=O)O)cc2)O1. The first kappa shape index (κ1) is 27.8. The molecule has 3 aromatic rings. The first-order valence-electron chi connectivity index (χ1n) is 12.6. The quantitative estimate of drug-likeness (QED) is 0.221. The lowest BCUT2D eigenvalue weighted by Crippen LogP contribution is -2.31. The van der Waals surface area contributed by atoms with Gasteiger partial charge in [0, 0.05) is 55.7 Å². The second-order valence-corrected chi connectivity index (χ2v) is 10.2. The fraction of sp³-hybridized carbons (Fsp3) is 0.393. The van der Waals surface area contributed by atoms with Crippen LogP contribution in [0.4, 0.5) is 5.69 Å². The highest BCUT2D eigenvalue weighted by atomic mass is 32.2. The molecule has 202 valence electrons. The number of carboxylic acid groups (broad SMARTS) is 1. The highest BCUT2D eigenvalue weighted by Crippen LogP contribution is 2.39. The van der Waals surface area contributed by atoms with Crippen LogP contribution in [0.1, 0.15) is 61.2 Å². The van der Waals surface area contributed by atoms with Crippen LogP contribution in [0.5, 0.6) is 0 Å². The molecule has 2 aromatic carbocycles. The molecule has 0 bridgehead atoms. The van der Waals surface area contributed by atoms with E-state index in [1.807, 2.05) is 66.3 Å². The average Bonchev–Trinajstić information content (AvgIpc) is 3.34. The summed E-state index contributed by atoms with van der Waals surface area (Å²) in [4.78, 5) is 27.2. The number of aliphatic carboxylic acids is 1. The van der Waals surface area contributed by atoms with Gasteiger partial charge in [-0.05, 0) is 36.1 Å². The normalized spacial score (nSPS) is 19.3. The lowest BCUT2D eigenvalue weighted by atomic mass is 10.0. The summed E-state index contributed by atoms with van der Waals surface area (Å²) in [7, 11) is 1.96. The molecule has 0 radical (unpaired) electrons. The topological polar surface area (TPSA) is 123 Å². The van der Waals surface area contributed by atoms with Crippen molar-refractivity contribution in [3.63, 3.8) is 0 Å². The van der Waals surface area contributed by atoms with E-state index in [-0.39, 0.29) is 37.6 Å². The molecule has 1 saturated heterocycles. The maximum absolute atomic E-state index is 12.2. The third kappa shape index (κ3) is 7.91. The van der Waals surface area contributed by atoms with Gasteiger partial charge < -0.3 is 29.6 Å². The number of aliphatic hydroxyl groups is 1. The van der Waals surface area contributed by atoms with Crippen molar-refractivity contribution in [3.05, 3.63) is 77.6 Å². The molecule has 3 atom stereocenters. The number of amides is 1. The zero-order chi connectivity index (χ0) is 26.9. The lowest BCUT2D eigenvalue weighted by molar-refractivity contribution is -0.245. The summed E-state index contributed by atoms with van der Waals surface area (Å²) < 4.78 is 14.7. The van der Waals surface area contributed by atoms with E-state index in [1.165, 1.54) is 0 Å². The smallest absolute Gasteiger partial charge is 0.303 e. The fourth-order valence-electron chi connectivity index (χ4n) is 4.19. The van der Waals surface area contributed by atoms with Gasteiger partial charge in [0.25, 0.3) is 0 Å². The van der Waals surface area contributed by atoms with Crippen molar-refractivity contribution in [1.29, 1.82) is 0 Å². The Morgan fingerprint density at radius 2 is 1.76 bits per heavy atom. The van der Waals surface area contributed by atoms with E-state index >= 15 is 0 Å². The minimum atomic E-state index is -0.852. The molecule has 4 rings (SSSR count). The third-order valence-corrected chi connectivity index (χ3v) is 7.49. The number of unbranched alkanes of at least 4 members (excludes halogenated alkanes) is 1. The number of nitrogens with one attached hydrogen (secondary N) is 1. The van der Waals surface area contributed by atoms with Gasteiger partial charge in [-0.25, -0.2) is 4.98 Å². The van der Waals surface area contributed by atoms with Gasteiger partial charge in [0.15, 0.2) is 11.4 Å². The molecular weight excluding hydrogens is 506 g/mol. The van der Waals surface area contributed by atoms with Gasteiger partial charge in [0.2, 0.25) is 5.91 Å². The van der Waals surface area contributed by atoms with E-state index in [9.17, 15) is 14.7 Å². The van der Waals surface area contributed by atoms with Crippen molar-refractivity contribution in [3.8, 4) is 0 Å². The van der Waals surface area contributed by atoms with Crippen molar-refractivity contribution in [2.24, 2.45) is 7.05 Å². The number of nitrogens with zero attached hydrogens (tertiary/aromatic N) is 2. The number of hydrogen-bond donors (Lipinski definition) is 3. The molecule has 2 heterocycles. The molecule has 1 aliphatic heterocycles. The summed E-state index contributed by atoms with van der Waals surface area (Å²) in [5.41, 5.74) is 3.37. The summed E-state index contributed by atoms with van der Waals surface area (Å²) in [6.07, 6.45) is 4.87. The number of carbonyl (C=O) groups excluding carboxylic acids is 1. The second-order valence-electron chi connectivity index (χ2n) is 9.25. The number of aryl methyl sites for hydroxylation is 1. The molecule has 0 spiro atoms. The van der Waals surface area contributed by atoms with Gasteiger partial charge in [-0.3, -0.25) is 9.59 Å². The number of aromatic nitrogens is 2. The van der Waals surface area contributed by atoms with Crippen LogP contribution in [0.25, 0.3) is 0 Å². The van der Waals surface area contributed by atoms with Crippen molar-refractivity contribution < 1.29 is 29.3 Å². The van der Waals surface area contributed by atoms with E-state index in [1.54, 1.807) is 18.0 Å². The minimum Gasteiger partial charge on any atom is -0.481 e.